The molecule has 76 valence electrons. The lowest BCUT2D eigenvalue weighted by molar-refractivity contribution is 0.132. The Labute approximate surface area is 85.0 Å². The van der Waals surface area contributed by atoms with Crippen LogP contribution in [0.15, 0.2) is 24.3 Å². The van der Waals surface area contributed by atoms with E-state index >= 15 is 0 Å². The average Bonchev–Trinajstić information content (AvgIpc) is 2.19. The fourth-order valence-corrected chi connectivity index (χ4v) is 2.01. The molecule has 1 fully saturated rings. The Morgan fingerprint density at radius 2 is 1.93 bits per heavy atom. The summed E-state index contributed by atoms with van der Waals surface area (Å²) in [5.74, 6) is 0.472. The number of hydrogen-bond donors (Lipinski definition) is 2. The smallest absolute Gasteiger partial charge is 0.0670 e. The first-order valence-corrected chi connectivity index (χ1v) is 5.21. The highest BCUT2D eigenvalue weighted by Gasteiger charge is 2.20. The SMILES string of the molecule is Cc1ccc([C@H]2CNC[C@@H](O)C2)cc1. The molecule has 0 spiro atoms. The van der Waals surface area contributed by atoms with Gasteiger partial charge in [-0.1, -0.05) is 29.8 Å². The van der Waals surface area contributed by atoms with Crippen molar-refractivity contribution in [1.29, 1.82) is 0 Å². The molecule has 0 unspecified atom stereocenters. The highest BCUT2D eigenvalue weighted by molar-refractivity contribution is 5.25. The Kier molecular flexibility index (Phi) is 2.85. The molecular formula is C12H17NO. The number of aliphatic hydroxyl groups excluding tert-OH is 1. The van der Waals surface area contributed by atoms with E-state index in [9.17, 15) is 5.11 Å². The maximum atomic E-state index is 9.53. The summed E-state index contributed by atoms with van der Waals surface area (Å²) < 4.78 is 0. The van der Waals surface area contributed by atoms with Gasteiger partial charge in [-0.05, 0) is 24.8 Å². The van der Waals surface area contributed by atoms with Crippen molar-refractivity contribution in [2.45, 2.75) is 25.4 Å². The molecule has 1 heterocycles. The largest absolute Gasteiger partial charge is 0.392 e. The topological polar surface area (TPSA) is 32.3 Å². The Hall–Kier alpha value is -0.860. The number of piperidine rings is 1. The number of rotatable bonds is 1. The lowest BCUT2D eigenvalue weighted by atomic mass is 9.90. The molecule has 2 rings (SSSR count). The standard InChI is InChI=1S/C12H17NO/c1-9-2-4-10(5-3-9)11-6-12(14)8-13-7-11/h2-5,11-14H,6-8H2,1H3/t11-,12+/m1/s1. The van der Waals surface area contributed by atoms with Crippen LogP contribution < -0.4 is 5.32 Å². The van der Waals surface area contributed by atoms with Crippen molar-refractivity contribution < 1.29 is 5.11 Å². The normalized spacial score (nSPS) is 27.6. The van der Waals surface area contributed by atoms with E-state index in [1.165, 1.54) is 11.1 Å². The molecule has 1 saturated heterocycles. The first-order valence-electron chi connectivity index (χ1n) is 5.21. The quantitative estimate of drug-likeness (QED) is 0.704. The lowest BCUT2D eigenvalue weighted by Gasteiger charge is -2.27. The van der Waals surface area contributed by atoms with Gasteiger partial charge in [0, 0.05) is 13.1 Å². The third-order valence-corrected chi connectivity index (χ3v) is 2.88. The number of hydrogen-bond acceptors (Lipinski definition) is 2. The van der Waals surface area contributed by atoms with Crippen LogP contribution in [-0.2, 0) is 0 Å². The monoisotopic (exact) mass is 191 g/mol. The lowest BCUT2D eigenvalue weighted by Crippen LogP contribution is -2.38. The van der Waals surface area contributed by atoms with E-state index < -0.39 is 0 Å². The number of β-amino-alcohol motifs (C(OH)–C–C–N with tert-alkyl or cyclic N) is 1. The van der Waals surface area contributed by atoms with Gasteiger partial charge in [-0.25, -0.2) is 0 Å². The first-order chi connectivity index (χ1) is 6.75. The van der Waals surface area contributed by atoms with Gasteiger partial charge >= 0.3 is 0 Å². The zero-order chi connectivity index (χ0) is 9.97. The summed E-state index contributed by atoms with van der Waals surface area (Å²) in [6.45, 7) is 3.82. The highest BCUT2D eigenvalue weighted by Crippen LogP contribution is 2.23. The minimum atomic E-state index is -0.185. The second kappa shape index (κ2) is 4.11. The summed E-state index contributed by atoms with van der Waals surface area (Å²) >= 11 is 0. The van der Waals surface area contributed by atoms with Crippen LogP contribution in [-0.4, -0.2) is 24.3 Å². The van der Waals surface area contributed by atoms with Crippen LogP contribution in [0.3, 0.4) is 0 Å². The van der Waals surface area contributed by atoms with E-state index in [1.807, 2.05) is 0 Å². The molecular weight excluding hydrogens is 174 g/mol. The van der Waals surface area contributed by atoms with E-state index in [4.69, 9.17) is 0 Å². The van der Waals surface area contributed by atoms with Crippen molar-refractivity contribution in [3.63, 3.8) is 0 Å². The van der Waals surface area contributed by atoms with Gasteiger partial charge in [-0.3, -0.25) is 0 Å². The van der Waals surface area contributed by atoms with Crippen LogP contribution in [0, 0.1) is 6.92 Å². The van der Waals surface area contributed by atoms with Crippen molar-refractivity contribution in [2.75, 3.05) is 13.1 Å². The molecule has 1 aliphatic rings. The molecule has 2 atom stereocenters. The van der Waals surface area contributed by atoms with Crippen LogP contribution in [0.2, 0.25) is 0 Å². The van der Waals surface area contributed by atoms with E-state index in [0.717, 1.165) is 19.5 Å². The van der Waals surface area contributed by atoms with Gasteiger partial charge in [0.1, 0.15) is 0 Å². The van der Waals surface area contributed by atoms with Crippen LogP contribution >= 0.6 is 0 Å². The molecule has 1 aromatic rings. The number of aryl methyl sites for hydroxylation is 1. The second-order valence-electron chi connectivity index (χ2n) is 4.16. The van der Waals surface area contributed by atoms with E-state index in [-0.39, 0.29) is 6.10 Å². The molecule has 14 heavy (non-hydrogen) atoms. The highest BCUT2D eigenvalue weighted by atomic mass is 16.3. The Morgan fingerprint density at radius 1 is 1.21 bits per heavy atom. The average molecular weight is 191 g/mol. The summed E-state index contributed by atoms with van der Waals surface area (Å²) in [6, 6.07) is 8.60. The van der Waals surface area contributed by atoms with Gasteiger partial charge in [0.25, 0.3) is 0 Å². The van der Waals surface area contributed by atoms with Crippen LogP contribution in [0.1, 0.15) is 23.5 Å². The predicted molar refractivity (Wildman–Crippen MR) is 57.4 cm³/mol. The maximum Gasteiger partial charge on any atom is 0.0670 e. The van der Waals surface area contributed by atoms with Crippen molar-refractivity contribution in [3.8, 4) is 0 Å². The van der Waals surface area contributed by atoms with Crippen LogP contribution in [0.5, 0.6) is 0 Å². The molecule has 0 saturated carbocycles. The predicted octanol–water partition coefficient (Wildman–Crippen LogP) is 1.43. The molecule has 0 bridgehead atoms. The van der Waals surface area contributed by atoms with Crippen LogP contribution in [0.25, 0.3) is 0 Å². The summed E-state index contributed by atoms with van der Waals surface area (Å²) in [5, 5.41) is 12.8. The van der Waals surface area contributed by atoms with Gasteiger partial charge in [0.2, 0.25) is 0 Å². The van der Waals surface area contributed by atoms with E-state index in [1.54, 1.807) is 0 Å². The summed E-state index contributed by atoms with van der Waals surface area (Å²) in [7, 11) is 0. The molecule has 2 N–H and O–H groups in total. The van der Waals surface area contributed by atoms with Gasteiger partial charge in [-0.2, -0.15) is 0 Å². The number of aliphatic hydroxyl groups is 1. The molecule has 0 aromatic heterocycles. The minimum absolute atomic E-state index is 0.185. The van der Waals surface area contributed by atoms with Gasteiger partial charge in [-0.15, -0.1) is 0 Å². The molecule has 2 heteroatoms. The third kappa shape index (κ3) is 2.14. The first kappa shape index (κ1) is 9.69. The molecule has 0 aliphatic carbocycles. The Bertz CT molecular complexity index is 294. The van der Waals surface area contributed by atoms with Gasteiger partial charge in [0.15, 0.2) is 0 Å². The Morgan fingerprint density at radius 3 is 2.57 bits per heavy atom. The minimum Gasteiger partial charge on any atom is -0.392 e. The van der Waals surface area contributed by atoms with Crippen molar-refractivity contribution in [2.24, 2.45) is 0 Å². The van der Waals surface area contributed by atoms with Crippen molar-refractivity contribution in [1.82, 2.24) is 5.32 Å². The second-order valence-corrected chi connectivity index (χ2v) is 4.16. The number of benzene rings is 1. The van der Waals surface area contributed by atoms with Gasteiger partial charge < -0.3 is 10.4 Å². The summed E-state index contributed by atoms with van der Waals surface area (Å²) in [4.78, 5) is 0. The zero-order valence-corrected chi connectivity index (χ0v) is 8.53. The molecule has 1 aliphatic heterocycles. The molecule has 0 radical (unpaired) electrons. The zero-order valence-electron chi connectivity index (χ0n) is 8.53. The van der Waals surface area contributed by atoms with E-state index in [0.29, 0.717) is 5.92 Å². The fourth-order valence-electron chi connectivity index (χ4n) is 2.01. The number of nitrogens with one attached hydrogen (secondary N) is 1. The Balaban J connectivity index is 2.10. The van der Waals surface area contributed by atoms with Gasteiger partial charge in [0.05, 0.1) is 6.10 Å². The molecule has 0 amide bonds. The molecule has 2 nitrogen and oxygen atoms in total. The maximum absolute atomic E-state index is 9.53. The van der Waals surface area contributed by atoms with Crippen molar-refractivity contribution >= 4 is 0 Å². The van der Waals surface area contributed by atoms with E-state index in [2.05, 4.69) is 36.5 Å². The summed E-state index contributed by atoms with van der Waals surface area (Å²) in [6.07, 6.45) is 0.700. The van der Waals surface area contributed by atoms with Crippen molar-refractivity contribution in [3.05, 3.63) is 35.4 Å². The molecule has 1 aromatic carbocycles. The summed E-state index contributed by atoms with van der Waals surface area (Å²) in [5.41, 5.74) is 2.62. The van der Waals surface area contributed by atoms with Crippen LogP contribution in [0.4, 0.5) is 0 Å². The third-order valence-electron chi connectivity index (χ3n) is 2.88. The fraction of sp³-hybridized carbons (Fsp3) is 0.500.